The second-order valence-corrected chi connectivity index (χ2v) is 5.77. The first-order valence-electron chi connectivity index (χ1n) is 7.45. The van der Waals surface area contributed by atoms with Gasteiger partial charge in [-0.15, -0.1) is 0 Å². The summed E-state index contributed by atoms with van der Waals surface area (Å²) in [5, 5.41) is 16.6. The van der Waals surface area contributed by atoms with Crippen LogP contribution in [0.25, 0.3) is 5.57 Å². The topological polar surface area (TPSA) is 35.1 Å². The molecule has 3 heteroatoms. The third-order valence-corrected chi connectivity index (χ3v) is 4.46. The molecule has 4 rings (SSSR count). The molecule has 106 valence electrons. The summed E-state index contributed by atoms with van der Waals surface area (Å²) in [6.07, 6.45) is 2.11. The van der Waals surface area contributed by atoms with E-state index < -0.39 is 0 Å². The first kappa shape index (κ1) is 12.8. The minimum absolute atomic E-state index is 0.227. The van der Waals surface area contributed by atoms with Crippen LogP contribution in [-0.2, 0) is 6.54 Å². The average molecular weight is 278 g/mol. The van der Waals surface area contributed by atoms with Gasteiger partial charge in [0.25, 0.3) is 0 Å². The highest BCUT2D eigenvalue weighted by atomic mass is 16.5. The fourth-order valence-electron chi connectivity index (χ4n) is 3.45. The van der Waals surface area contributed by atoms with Gasteiger partial charge in [0.2, 0.25) is 0 Å². The van der Waals surface area contributed by atoms with E-state index in [1.54, 1.807) is 0 Å². The Hall–Kier alpha value is -1.94. The lowest BCUT2D eigenvalue weighted by Gasteiger charge is -2.45. The molecule has 0 saturated carbocycles. The van der Waals surface area contributed by atoms with Crippen LogP contribution >= 0.6 is 0 Å². The van der Waals surface area contributed by atoms with Gasteiger partial charge in [-0.3, -0.25) is 0 Å². The van der Waals surface area contributed by atoms with E-state index in [1.165, 1.54) is 11.1 Å². The van der Waals surface area contributed by atoms with Crippen LogP contribution in [0.5, 0.6) is 0 Å². The molecule has 0 aromatic heterocycles. The Morgan fingerprint density at radius 2 is 1.86 bits per heavy atom. The van der Waals surface area contributed by atoms with Gasteiger partial charge in [-0.1, -0.05) is 42.5 Å². The Labute approximate surface area is 124 Å². The maximum Gasteiger partial charge on any atom is 0.145 e. The van der Waals surface area contributed by atoms with Crippen molar-refractivity contribution in [2.45, 2.75) is 6.54 Å². The zero-order chi connectivity index (χ0) is 14.3. The molecule has 1 atom stereocenters. The zero-order valence-electron chi connectivity index (χ0n) is 11.9. The largest absolute Gasteiger partial charge is 0.627 e. The molecule has 2 aliphatic heterocycles. The molecule has 21 heavy (non-hydrogen) atoms. The van der Waals surface area contributed by atoms with Gasteiger partial charge >= 0.3 is 0 Å². The summed E-state index contributed by atoms with van der Waals surface area (Å²) in [6, 6.07) is 16.6. The van der Waals surface area contributed by atoms with Crippen molar-refractivity contribution in [3.63, 3.8) is 0 Å². The van der Waals surface area contributed by atoms with E-state index in [0.717, 1.165) is 29.9 Å². The summed E-state index contributed by atoms with van der Waals surface area (Å²) in [7, 11) is 0. The Bertz CT molecular complexity index is 708. The van der Waals surface area contributed by atoms with Crippen LogP contribution in [0.3, 0.4) is 0 Å². The highest BCUT2D eigenvalue weighted by Crippen LogP contribution is 2.41. The van der Waals surface area contributed by atoms with Gasteiger partial charge in [0.15, 0.2) is 0 Å². The van der Waals surface area contributed by atoms with E-state index >= 15 is 0 Å². The second-order valence-electron chi connectivity index (χ2n) is 5.77. The third kappa shape index (κ3) is 2.02. The molecule has 0 saturated heterocycles. The molecule has 0 amide bonds. The molecule has 0 fully saturated rings. The fraction of sp³-hybridized carbons (Fsp3) is 0.222. The highest BCUT2D eigenvalue weighted by Gasteiger charge is 2.33. The maximum atomic E-state index is 13.2. The van der Waals surface area contributed by atoms with Crippen molar-refractivity contribution in [1.29, 1.82) is 0 Å². The number of hydrogen-bond acceptors (Lipinski definition) is 2. The van der Waals surface area contributed by atoms with E-state index in [4.69, 9.17) is 0 Å². The van der Waals surface area contributed by atoms with Crippen LogP contribution in [0.2, 0.25) is 0 Å². The lowest BCUT2D eigenvalue weighted by Crippen LogP contribution is -2.48. The van der Waals surface area contributed by atoms with Crippen LogP contribution in [-0.4, -0.2) is 19.6 Å². The smallest absolute Gasteiger partial charge is 0.145 e. The second kappa shape index (κ2) is 4.81. The lowest BCUT2D eigenvalue weighted by molar-refractivity contribution is 0.408. The van der Waals surface area contributed by atoms with Gasteiger partial charge in [-0.2, -0.15) is 0 Å². The number of benzene rings is 2. The summed E-state index contributed by atoms with van der Waals surface area (Å²) >= 11 is 0. The SMILES string of the molecule is [O-][N+]12CC=C(c3ccccc3)c3cccc(c31)CNCC2. The number of rotatable bonds is 1. The number of hydrogen-bond donors (Lipinski definition) is 1. The molecule has 2 aromatic rings. The molecule has 2 aromatic carbocycles. The van der Waals surface area contributed by atoms with Crippen LogP contribution in [0, 0.1) is 5.21 Å². The Balaban J connectivity index is 1.94. The lowest BCUT2D eigenvalue weighted by atomic mass is 9.90. The fourth-order valence-corrected chi connectivity index (χ4v) is 3.45. The van der Waals surface area contributed by atoms with Gasteiger partial charge < -0.3 is 15.2 Å². The number of nitrogens with zero attached hydrogens (tertiary/aromatic N) is 1. The van der Waals surface area contributed by atoms with Crippen LogP contribution in [0.1, 0.15) is 16.7 Å². The van der Waals surface area contributed by atoms with Crippen molar-refractivity contribution >= 4 is 11.3 Å². The van der Waals surface area contributed by atoms with Gasteiger partial charge in [0.05, 0.1) is 6.54 Å². The Morgan fingerprint density at radius 3 is 2.71 bits per heavy atom. The summed E-state index contributed by atoms with van der Waals surface area (Å²) < 4.78 is -0.227. The third-order valence-electron chi connectivity index (χ3n) is 4.46. The van der Waals surface area contributed by atoms with Crippen molar-refractivity contribution in [2.24, 2.45) is 0 Å². The van der Waals surface area contributed by atoms with Crippen LogP contribution in [0.4, 0.5) is 5.69 Å². The summed E-state index contributed by atoms with van der Waals surface area (Å²) in [5.41, 5.74) is 5.59. The minimum atomic E-state index is -0.227. The van der Waals surface area contributed by atoms with Gasteiger partial charge in [-0.05, 0) is 23.3 Å². The van der Waals surface area contributed by atoms with E-state index in [0.29, 0.717) is 13.1 Å². The minimum Gasteiger partial charge on any atom is -0.627 e. The molecule has 0 bridgehead atoms. The summed E-state index contributed by atoms with van der Waals surface area (Å²) in [4.78, 5) is 0. The molecule has 3 nitrogen and oxygen atoms in total. The van der Waals surface area contributed by atoms with Gasteiger partial charge in [0, 0.05) is 24.2 Å². The van der Waals surface area contributed by atoms with Crippen molar-refractivity contribution in [2.75, 3.05) is 19.6 Å². The highest BCUT2D eigenvalue weighted by molar-refractivity contribution is 5.89. The molecular weight excluding hydrogens is 260 g/mol. The van der Waals surface area contributed by atoms with E-state index in [-0.39, 0.29) is 4.65 Å². The molecule has 0 aliphatic carbocycles. The molecule has 1 unspecified atom stereocenters. The van der Waals surface area contributed by atoms with Gasteiger partial charge in [-0.25, -0.2) is 0 Å². The standard InChI is InChI=1S/C18H18N2O/c21-20-11-9-16(14-5-2-1-3-6-14)17-8-4-7-15(18(17)20)13-19-10-12-20/h1-9,19H,10-13H2. The average Bonchev–Trinajstić information content (AvgIpc) is 2.69. The van der Waals surface area contributed by atoms with Gasteiger partial charge in [0.1, 0.15) is 12.2 Å². The number of nitrogens with one attached hydrogen (secondary N) is 1. The number of hydroxylamine groups is 2. The molecule has 1 N–H and O–H groups in total. The quantitative estimate of drug-likeness (QED) is 0.643. The monoisotopic (exact) mass is 278 g/mol. The molecular formula is C18H18N2O. The van der Waals surface area contributed by atoms with E-state index in [1.807, 2.05) is 18.2 Å². The predicted octanol–water partition coefficient (Wildman–Crippen LogP) is 3.04. The normalized spacial score (nSPS) is 24.0. The first-order valence-corrected chi connectivity index (χ1v) is 7.45. The predicted molar refractivity (Wildman–Crippen MR) is 86.6 cm³/mol. The van der Waals surface area contributed by atoms with Crippen LogP contribution < -0.4 is 9.96 Å². The molecule has 0 spiro atoms. The molecule has 2 heterocycles. The summed E-state index contributed by atoms with van der Waals surface area (Å²) in [5.74, 6) is 0. The van der Waals surface area contributed by atoms with Crippen molar-refractivity contribution < 1.29 is 0 Å². The Kier molecular flexibility index (Phi) is 2.93. The van der Waals surface area contributed by atoms with Crippen molar-refractivity contribution in [3.8, 4) is 0 Å². The van der Waals surface area contributed by atoms with Crippen LogP contribution in [0.15, 0.2) is 54.6 Å². The zero-order valence-corrected chi connectivity index (χ0v) is 11.9. The van der Waals surface area contributed by atoms with E-state index in [2.05, 4.69) is 41.7 Å². The van der Waals surface area contributed by atoms with Crippen molar-refractivity contribution in [1.82, 2.24) is 9.96 Å². The number of para-hydroxylation sites is 1. The van der Waals surface area contributed by atoms with E-state index in [9.17, 15) is 5.21 Å². The van der Waals surface area contributed by atoms with Crippen molar-refractivity contribution in [3.05, 3.63) is 76.5 Å². The summed E-state index contributed by atoms with van der Waals surface area (Å²) in [6.45, 7) is 2.68. The molecule has 0 radical (unpaired) electrons. The Morgan fingerprint density at radius 1 is 1.00 bits per heavy atom. The first-order chi connectivity index (χ1) is 10.3. The number of quaternary nitrogens is 1. The molecule has 2 aliphatic rings. The maximum absolute atomic E-state index is 13.2.